The maximum absolute atomic E-state index is 12.2. The Bertz CT molecular complexity index is 457. The van der Waals surface area contributed by atoms with Crippen molar-refractivity contribution in [3.05, 3.63) is 0 Å². The molecule has 2 aliphatic carbocycles. The minimum atomic E-state index is 0.217. The monoisotopic (exact) mass is 321 g/mol. The van der Waals surface area contributed by atoms with E-state index in [2.05, 4.69) is 33.0 Å². The average Bonchev–Trinajstić information content (AvgIpc) is 3.02. The number of ether oxygens (including phenoxy) is 1. The SMILES string of the molecule is CCC(=O)N[C@H]1C(C)(C)[C@@H]2C[C@@H]3[C@@H](C(CC)CC)OCCC31C2. The summed E-state index contributed by atoms with van der Waals surface area (Å²) in [6.07, 6.45) is 7.11. The second-order valence-corrected chi connectivity index (χ2v) is 8.81. The van der Waals surface area contributed by atoms with Crippen molar-refractivity contribution in [3.63, 3.8) is 0 Å². The van der Waals surface area contributed by atoms with Gasteiger partial charge in [-0.05, 0) is 47.8 Å². The normalized spacial score (nSPS) is 41.1. The topological polar surface area (TPSA) is 38.3 Å². The molecule has 1 unspecified atom stereocenters. The van der Waals surface area contributed by atoms with Gasteiger partial charge in [-0.1, -0.05) is 47.5 Å². The number of carbonyl (C=O) groups is 1. The molecule has 1 spiro atoms. The van der Waals surface area contributed by atoms with Gasteiger partial charge in [-0.3, -0.25) is 4.79 Å². The molecule has 0 aromatic rings. The fourth-order valence-corrected chi connectivity index (χ4v) is 6.31. The molecule has 2 bridgehead atoms. The van der Waals surface area contributed by atoms with Gasteiger partial charge in [0.05, 0.1) is 6.10 Å². The average molecular weight is 322 g/mol. The van der Waals surface area contributed by atoms with E-state index in [1.54, 1.807) is 0 Å². The van der Waals surface area contributed by atoms with Crippen molar-refractivity contribution >= 4 is 5.91 Å². The van der Waals surface area contributed by atoms with Crippen LogP contribution in [0.4, 0.5) is 0 Å². The van der Waals surface area contributed by atoms with Gasteiger partial charge in [0.15, 0.2) is 0 Å². The summed E-state index contributed by atoms with van der Waals surface area (Å²) < 4.78 is 6.32. The molecule has 0 aromatic heterocycles. The van der Waals surface area contributed by atoms with E-state index >= 15 is 0 Å². The summed E-state index contributed by atoms with van der Waals surface area (Å²) in [4.78, 5) is 12.2. The molecule has 2 saturated carbocycles. The highest BCUT2D eigenvalue weighted by Gasteiger charge is 2.68. The molecule has 3 heteroatoms. The van der Waals surface area contributed by atoms with Crippen molar-refractivity contribution in [2.45, 2.75) is 85.3 Å². The third-order valence-electron chi connectivity index (χ3n) is 7.69. The second-order valence-electron chi connectivity index (χ2n) is 8.81. The van der Waals surface area contributed by atoms with Crippen LogP contribution in [0, 0.1) is 28.6 Å². The molecule has 5 atom stereocenters. The first-order valence-electron chi connectivity index (χ1n) is 9.81. The molecule has 1 heterocycles. The Morgan fingerprint density at radius 1 is 1.26 bits per heavy atom. The third kappa shape index (κ3) is 2.45. The van der Waals surface area contributed by atoms with E-state index in [0.29, 0.717) is 30.4 Å². The smallest absolute Gasteiger partial charge is 0.219 e. The maximum Gasteiger partial charge on any atom is 0.219 e. The van der Waals surface area contributed by atoms with E-state index < -0.39 is 0 Å². The zero-order chi connectivity index (χ0) is 16.8. The molecular formula is C20H35NO2. The predicted octanol–water partition coefficient (Wildman–Crippen LogP) is 4.16. The molecule has 0 aromatic carbocycles. The first-order chi connectivity index (χ1) is 10.9. The Labute approximate surface area is 141 Å². The minimum Gasteiger partial charge on any atom is -0.378 e. The number of hydrogen-bond acceptors (Lipinski definition) is 2. The number of amides is 1. The molecule has 23 heavy (non-hydrogen) atoms. The highest BCUT2D eigenvalue weighted by molar-refractivity contribution is 5.76. The van der Waals surface area contributed by atoms with Crippen LogP contribution in [0.5, 0.6) is 0 Å². The summed E-state index contributed by atoms with van der Waals surface area (Å²) in [5, 5.41) is 3.44. The van der Waals surface area contributed by atoms with Gasteiger partial charge in [0.2, 0.25) is 5.91 Å². The highest BCUT2D eigenvalue weighted by Crippen LogP contribution is 2.69. The summed E-state index contributed by atoms with van der Waals surface area (Å²) in [6, 6.07) is 0.326. The van der Waals surface area contributed by atoms with Crippen LogP contribution < -0.4 is 5.32 Å². The molecular weight excluding hydrogens is 286 g/mol. The van der Waals surface area contributed by atoms with Crippen LogP contribution >= 0.6 is 0 Å². The molecule has 1 N–H and O–H groups in total. The van der Waals surface area contributed by atoms with E-state index in [-0.39, 0.29) is 16.7 Å². The second kappa shape index (κ2) is 6.06. The lowest BCUT2D eigenvalue weighted by Gasteiger charge is -2.54. The Kier molecular flexibility index (Phi) is 4.54. The van der Waals surface area contributed by atoms with Crippen LogP contribution in [0.25, 0.3) is 0 Å². The van der Waals surface area contributed by atoms with Gasteiger partial charge in [-0.2, -0.15) is 0 Å². The lowest BCUT2D eigenvalue weighted by Crippen LogP contribution is -2.61. The van der Waals surface area contributed by atoms with Crippen molar-refractivity contribution in [3.8, 4) is 0 Å². The fraction of sp³-hybridized carbons (Fsp3) is 0.950. The maximum atomic E-state index is 12.2. The summed E-state index contributed by atoms with van der Waals surface area (Å²) in [7, 11) is 0. The van der Waals surface area contributed by atoms with Crippen molar-refractivity contribution < 1.29 is 9.53 Å². The molecule has 132 valence electrons. The van der Waals surface area contributed by atoms with Gasteiger partial charge in [-0.25, -0.2) is 0 Å². The molecule has 3 fully saturated rings. The molecule has 1 amide bonds. The van der Waals surface area contributed by atoms with E-state index in [1.807, 2.05) is 6.92 Å². The van der Waals surface area contributed by atoms with Crippen molar-refractivity contribution in [1.82, 2.24) is 5.32 Å². The molecule has 3 nitrogen and oxygen atoms in total. The van der Waals surface area contributed by atoms with Crippen LogP contribution in [-0.2, 0) is 9.53 Å². The van der Waals surface area contributed by atoms with Crippen LogP contribution in [-0.4, -0.2) is 24.7 Å². The zero-order valence-electron chi connectivity index (χ0n) is 15.7. The number of hydrogen-bond donors (Lipinski definition) is 1. The summed E-state index contributed by atoms with van der Waals surface area (Å²) in [6.45, 7) is 12.2. The van der Waals surface area contributed by atoms with Gasteiger partial charge in [-0.15, -0.1) is 0 Å². The summed E-state index contributed by atoms with van der Waals surface area (Å²) in [5.74, 6) is 2.26. The van der Waals surface area contributed by atoms with Crippen molar-refractivity contribution in [2.75, 3.05) is 6.61 Å². The van der Waals surface area contributed by atoms with E-state index in [1.165, 1.54) is 25.7 Å². The Morgan fingerprint density at radius 2 is 1.96 bits per heavy atom. The Hall–Kier alpha value is -0.570. The quantitative estimate of drug-likeness (QED) is 0.826. The van der Waals surface area contributed by atoms with Crippen molar-refractivity contribution in [1.29, 1.82) is 0 Å². The number of carbonyl (C=O) groups excluding carboxylic acids is 1. The van der Waals surface area contributed by atoms with E-state index in [0.717, 1.165) is 18.9 Å². The molecule has 1 saturated heterocycles. The number of nitrogens with one attached hydrogen (secondary N) is 1. The Balaban J connectivity index is 1.91. The zero-order valence-corrected chi connectivity index (χ0v) is 15.7. The lowest BCUT2D eigenvalue weighted by molar-refractivity contribution is -0.148. The van der Waals surface area contributed by atoms with Gasteiger partial charge in [0, 0.05) is 19.1 Å². The lowest BCUT2D eigenvalue weighted by atomic mass is 9.58. The summed E-state index contributed by atoms with van der Waals surface area (Å²) >= 11 is 0. The van der Waals surface area contributed by atoms with E-state index in [9.17, 15) is 4.79 Å². The van der Waals surface area contributed by atoms with Crippen LogP contribution in [0.3, 0.4) is 0 Å². The predicted molar refractivity (Wildman–Crippen MR) is 93.1 cm³/mol. The van der Waals surface area contributed by atoms with E-state index in [4.69, 9.17) is 4.74 Å². The summed E-state index contributed by atoms with van der Waals surface area (Å²) in [5.41, 5.74) is 0.502. The highest BCUT2D eigenvalue weighted by atomic mass is 16.5. The third-order valence-corrected chi connectivity index (χ3v) is 7.69. The van der Waals surface area contributed by atoms with Crippen LogP contribution in [0.2, 0.25) is 0 Å². The van der Waals surface area contributed by atoms with Gasteiger partial charge >= 0.3 is 0 Å². The molecule has 3 aliphatic rings. The van der Waals surface area contributed by atoms with Gasteiger partial charge < -0.3 is 10.1 Å². The van der Waals surface area contributed by atoms with Gasteiger partial charge in [0.25, 0.3) is 0 Å². The standard InChI is InChI=1S/C20H35NO2/c1-6-13(7-2)17-15-11-14-12-20(15,9-10-23-17)18(19(14,4)5)21-16(22)8-3/h13-15,17-18H,6-12H2,1-5H3,(H,21,22)/t14-,15-,17-,18+,20?/m1/s1. The molecule has 1 aliphatic heterocycles. The fourth-order valence-electron chi connectivity index (χ4n) is 6.31. The van der Waals surface area contributed by atoms with Crippen LogP contribution in [0.15, 0.2) is 0 Å². The first-order valence-corrected chi connectivity index (χ1v) is 9.81. The van der Waals surface area contributed by atoms with Crippen LogP contribution in [0.1, 0.15) is 73.1 Å². The van der Waals surface area contributed by atoms with Gasteiger partial charge in [0.1, 0.15) is 0 Å². The number of fused-ring (bicyclic) bond motifs is 1. The minimum absolute atomic E-state index is 0.217. The Morgan fingerprint density at radius 3 is 2.57 bits per heavy atom. The molecule has 0 radical (unpaired) electrons. The largest absolute Gasteiger partial charge is 0.378 e. The van der Waals surface area contributed by atoms with Crippen molar-refractivity contribution in [2.24, 2.45) is 28.6 Å². The first kappa shape index (κ1) is 17.3. The molecule has 3 rings (SSSR count). The number of rotatable bonds is 5.